The van der Waals surface area contributed by atoms with Gasteiger partial charge in [0.05, 0.1) is 0 Å². The van der Waals surface area contributed by atoms with Crippen LogP contribution in [0.1, 0.15) is 38.3 Å². The highest BCUT2D eigenvalue weighted by Crippen LogP contribution is 2.49. The molecular weight excluding hydrogens is 220 g/mol. The van der Waals surface area contributed by atoms with E-state index in [0.29, 0.717) is 11.5 Å². The summed E-state index contributed by atoms with van der Waals surface area (Å²) in [6.07, 6.45) is 2.64. The van der Waals surface area contributed by atoms with Crippen molar-refractivity contribution in [2.24, 2.45) is 5.41 Å². The molecule has 1 aliphatic heterocycles. The van der Waals surface area contributed by atoms with E-state index in [9.17, 15) is 0 Å². The molecule has 1 heterocycles. The molecule has 18 heavy (non-hydrogen) atoms. The first-order valence-corrected chi connectivity index (χ1v) is 7.19. The third-order valence-electron chi connectivity index (χ3n) is 4.53. The molecule has 1 N–H and O–H groups in total. The fourth-order valence-corrected chi connectivity index (χ4v) is 3.20. The lowest BCUT2D eigenvalue weighted by atomic mass is 10.1. The summed E-state index contributed by atoms with van der Waals surface area (Å²) < 4.78 is 0. The third-order valence-corrected chi connectivity index (χ3v) is 4.53. The van der Waals surface area contributed by atoms with Crippen LogP contribution in [0.25, 0.3) is 0 Å². The van der Waals surface area contributed by atoms with Crippen molar-refractivity contribution in [3.8, 4) is 0 Å². The summed E-state index contributed by atoms with van der Waals surface area (Å²) in [5.74, 6) is 0. The molecule has 1 aliphatic carbocycles. The molecule has 2 heteroatoms. The second-order valence-corrected chi connectivity index (χ2v) is 6.47. The maximum Gasteiger partial charge on any atom is 0.0449 e. The van der Waals surface area contributed by atoms with Gasteiger partial charge < -0.3 is 5.32 Å². The number of nitrogens with zero attached hydrogens (tertiary/aromatic N) is 1. The Balaban J connectivity index is 1.72. The van der Waals surface area contributed by atoms with E-state index >= 15 is 0 Å². The highest BCUT2D eigenvalue weighted by Gasteiger charge is 2.49. The van der Waals surface area contributed by atoms with Gasteiger partial charge in [-0.2, -0.15) is 0 Å². The van der Waals surface area contributed by atoms with Crippen LogP contribution < -0.4 is 5.32 Å². The van der Waals surface area contributed by atoms with Crippen molar-refractivity contribution in [2.45, 2.75) is 38.8 Å². The van der Waals surface area contributed by atoms with Gasteiger partial charge in [0.1, 0.15) is 0 Å². The minimum absolute atomic E-state index is 0.505. The van der Waals surface area contributed by atoms with Gasteiger partial charge in [-0.25, -0.2) is 0 Å². The first-order chi connectivity index (χ1) is 8.67. The van der Waals surface area contributed by atoms with Gasteiger partial charge in [-0.3, -0.25) is 4.90 Å². The molecule has 0 radical (unpaired) electrons. The second-order valence-electron chi connectivity index (χ2n) is 6.47. The van der Waals surface area contributed by atoms with Gasteiger partial charge in [0.25, 0.3) is 0 Å². The van der Waals surface area contributed by atoms with Gasteiger partial charge in [-0.05, 0) is 36.9 Å². The summed E-state index contributed by atoms with van der Waals surface area (Å²) in [5, 5.41) is 3.70. The largest absolute Gasteiger partial charge is 0.309 e. The van der Waals surface area contributed by atoms with Crippen molar-refractivity contribution >= 4 is 0 Å². The average molecular weight is 244 g/mol. The van der Waals surface area contributed by atoms with Gasteiger partial charge >= 0.3 is 0 Å². The van der Waals surface area contributed by atoms with Crippen LogP contribution in [0.15, 0.2) is 30.3 Å². The van der Waals surface area contributed by atoms with Crippen LogP contribution in [-0.2, 0) is 0 Å². The first kappa shape index (κ1) is 12.2. The van der Waals surface area contributed by atoms with E-state index in [-0.39, 0.29) is 0 Å². The Hall–Kier alpha value is -0.860. The Kier molecular flexibility index (Phi) is 3.16. The second kappa shape index (κ2) is 4.67. The summed E-state index contributed by atoms with van der Waals surface area (Å²) in [4.78, 5) is 2.71. The van der Waals surface area contributed by atoms with Gasteiger partial charge in [-0.1, -0.05) is 44.2 Å². The molecule has 3 rings (SSSR count). The van der Waals surface area contributed by atoms with Crippen LogP contribution in [0.5, 0.6) is 0 Å². The molecule has 2 fully saturated rings. The number of hydrogen-bond acceptors (Lipinski definition) is 2. The zero-order valence-corrected chi connectivity index (χ0v) is 11.5. The minimum atomic E-state index is 0.505. The predicted octanol–water partition coefficient (Wildman–Crippen LogP) is 2.82. The molecule has 2 unspecified atom stereocenters. The Morgan fingerprint density at radius 2 is 1.94 bits per heavy atom. The quantitative estimate of drug-likeness (QED) is 0.860. The van der Waals surface area contributed by atoms with E-state index in [4.69, 9.17) is 0 Å². The molecule has 98 valence electrons. The molecule has 0 spiro atoms. The lowest BCUT2D eigenvalue weighted by Crippen LogP contribution is -2.34. The van der Waals surface area contributed by atoms with Crippen molar-refractivity contribution in [1.82, 2.24) is 10.2 Å². The van der Waals surface area contributed by atoms with Gasteiger partial charge in [-0.15, -0.1) is 0 Å². The zero-order valence-electron chi connectivity index (χ0n) is 11.5. The Labute approximate surface area is 110 Å². The predicted molar refractivity (Wildman–Crippen MR) is 75.6 cm³/mol. The summed E-state index contributed by atoms with van der Waals surface area (Å²) >= 11 is 0. The Morgan fingerprint density at radius 3 is 2.61 bits per heavy atom. The third kappa shape index (κ3) is 2.45. The van der Waals surface area contributed by atoms with Gasteiger partial charge in [0.2, 0.25) is 0 Å². The first-order valence-electron chi connectivity index (χ1n) is 7.19. The summed E-state index contributed by atoms with van der Waals surface area (Å²) in [7, 11) is 0. The maximum absolute atomic E-state index is 3.70. The van der Waals surface area contributed by atoms with Crippen LogP contribution in [0.2, 0.25) is 0 Å². The van der Waals surface area contributed by atoms with Crippen LogP contribution in [0.4, 0.5) is 0 Å². The average Bonchev–Trinajstić information content (AvgIpc) is 3.06. The van der Waals surface area contributed by atoms with E-state index in [2.05, 4.69) is 54.4 Å². The summed E-state index contributed by atoms with van der Waals surface area (Å²) in [6.45, 7) is 8.35. The molecule has 2 atom stereocenters. The van der Waals surface area contributed by atoms with Crippen LogP contribution in [0, 0.1) is 5.41 Å². The number of nitrogens with one attached hydrogen (secondary N) is 1. The number of benzene rings is 1. The topological polar surface area (TPSA) is 15.3 Å². The lowest BCUT2D eigenvalue weighted by Gasteiger charge is -2.26. The summed E-state index contributed by atoms with van der Waals surface area (Å²) in [6, 6.07) is 12.2. The van der Waals surface area contributed by atoms with Crippen molar-refractivity contribution < 1.29 is 0 Å². The van der Waals surface area contributed by atoms with Gasteiger partial charge in [0, 0.05) is 18.6 Å². The fourth-order valence-electron chi connectivity index (χ4n) is 3.20. The van der Waals surface area contributed by atoms with Crippen molar-refractivity contribution in [3.05, 3.63) is 35.9 Å². The standard InChI is InChI=1S/C16H24N2/c1-16(2)11-15(16)18-10-6-9-17-14(12-18)13-7-4-3-5-8-13/h3-5,7-8,14-15,17H,6,9-12H2,1-2H3. The molecular formula is C16H24N2. The highest BCUT2D eigenvalue weighted by atomic mass is 15.2. The molecule has 2 aliphatic rings. The molecule has 0 aromatic heterocycles. The Bertz CT molecular complexity index is 399. The van der Waals surface area contributed by atoms with E-state index in [0.717, 1.165) is 19.1 Å². The molecule has 2 nitrogen and oxygen atoms in total. The number of hydrogen-bond donors (Lipinski definition) is 1. The molecule has 1 aromatic carbocycles. The maximum atomic E-state index is 3.70. The normalized spacial score (nSPS) is 31.9. The van der Waals surface area contributed by atoms with Crippen LogP contribution in [0.3, 0.4) is 0 Å². The summed E-state index contributed by atoms with van der Waals surface area (Å²) in [5.41, 5.74) is 1.98. The van der Waals surface area contributed by atoms with E-state index in [1.807, 2.05) is 0 Å². The fraction of sp³-hybridized carbons (Fsp3) is 0.625. The monoisotopic (exact) mass is 244 g/mol. The van der Waals surface area contributed by atoms with Crippen LogP contribution in [-0.4, -0.2) is 30.6 Å². The van der Waals surface area contributed by atoms with Gasteiger partial charge in [0.15, 0.2) is 0 Å². The molecule has 0 amide bonds. The lowest BCUT2D eigenvalue weighted by molar-refractivity contribution is 0.232. The number of rotatable bonds is 2. The Morgan fingerprint density at radius 1 is 1.22 bits per heavy atom. The highest BCUT2D eigenvalue weighted by molar-refractivity contribution is 5.20. The molecule has 1 aromatic rings. The zero-order chi connectivity index (χ0) is 12.6. The van der Waals surface area contributed by atoms with Crippen LogP contribution >= 0.6 is 0 Å². The molecule has 0 bridgehead atoms. The van der Waals surface area contributed by atoms with Crippen molar-refractivity contribution in [3.63, 3.8) is 0 Å². The van der Waals surface area contributed by atoms with E-state index in [1.54, 1.807) is 0 Å². The SMILES string of the molecule is CC1(C)CC1N1CCCNC(c2ccccc2)C1. The van der Waals surface area contributed by atoms with E-state index < -0.39 is 0 Å². The van der Waals surface area contributed by atoms with Crippen molar-refractivity contribution in [1.29, 1.82) is 0 Å². The van der Waals surface area contributed by atoms with Crippen molar-refractivity contribution in [2.75, 3.05) is 19.6 Å². The van der Waals surface area contributed by atoms with E-state index in [1.165, 1.54) is 24.9 Å². The smallest absolute Gasteiger partial charge is 0.0449 e. The molecule has 1 saturated carbocycles. The molecule has 1 saturated heterocycles. The minimum Gasteiger partial charge on any atom is -0.309 e.